The normalized spacial score (nSPS) is 12.4. The Bertz CT molecular complexity index is 2990. The number of hydrogen-bond acceptors (Lipinski definition) is 5. The molecule has 0 amide bonds. The van der Waals surface area contributed by atoms with Crippen molar-refractivity contribution in [3.63, 3.8) is 0 Å². The molecule has 0 bridgehead atoms. The summed E-state index contributed by atoms with van der Waals surface area (Å²) in [6, 6.07) is 54.1. The molecule has 0 fully saturated rings. The second-order valence-corrected chi connectivity index (χ2v) is 13.9. The van der Waals surface area contributed by atoms with Crippen LogP contribution in [0, 0.1) is 0 Å². The summed E-state index contributed by atoms with van der Waals surface area (Å²) in [6.45, 7) is 0. The smallest absolute Gasteiger partial charge is 0.235 e. The third-order valence-electron chi connectivity index (χ3n) is 10.0. The Hall–Kier alpha value is -6.43. The molecule has 11 rings (SSSR count). The third kappa shape index (κ3) is 3.95. The lowest BCUT2D eigenvalue weighted by Crippen LogP contribution is -2.18. The van der Waals surface area contributed by atoms with Crippen molar-refractivity contribution in [1.29, 1.82) is 0 Å². The first-order chi connectivity index (χ1) is 24.8. The summed E-state index contributed by atoms with van der Waals surface area (Å²) in [4.78, 5) is 18.0. The van der Waals surface area contributed by atoms with E-state index >= 15 is 0 Å². The molecule has 10 aromatic rings. The standard InChI is InChI=1S/C45H26N4S/c1-2-14-33-27(9-1)24-25-35-34-17-5-10-29-11-7-18-37(39(29)34)49(43(33)35)45-47-41(44-42(48-45)36-15-3-4-19-38(36)50-44)31-22-20-28(21-23-31)32-16-6-12-30-13-8-26-46-40(30)32/h1-26H. The van der Waals surface area contributed by atoms with E-state index < -0.39 is 0 Å². The lowest BCUT2D eigenvalue weighted by molar-refractivity contribution is 1.12. The summed E-state index contributed by atoms with van der Waals surface area (Å²) in [5.74, 6) is 0.665. The molecule has 0 saturated heterocycles. The van der Waals surface area contributed by atoms with E-state index in [-0.39, 0.29) is 0 Å². The Labute approximate surface area is 291 Å². The van der Waals surface area contributed by atoms with Gasteiger partial charge in [0.25, 0.3) is 0 Å². The Kier molecular flexibility index (Phi) is 5.80. The zero-order valence-electron chi connectivity index (χ0n) is 26.7. The number of anilines is 3. The quantitative estimate of drug-likeness (QED) is 0.190. The minimum Gasteiger partial charge on any atom is -0.277 e. The van der Waals surface area contributed by atoms with Gasteiger partial charge in [0, 0.05) is 49.1 Å². The van der Waals surface area contributed by atoms with Gasteiger partial charge in [0.2, 0.25) is 5.95 Å². The van der Waals surface area contributed by atoms with Gasteiger partial charge in [-0.25, -0.2) is 9.97 Å². The van der Waals surface area contributed by atoms with Crippen molar-refractivity contribution in [2.45, 2.75) is 0 Å². The largest absolute Gasteiger partial charge is 0.277 e. The molecule has 1 aliphatic heterocycles. The lowest BCUT2D eigenvalue weighted by atomic mass is 9.89. The van der Waals surface area contributed by atoms with Gasteiger partial charge in [-0.1, -0.05) is 133 Å². The van der Waals surface area contributed by atoms with Crippen molar-refractivity contribution in [2.75, 3.05) is 4.90 Å². The molecule has 0 spiro atoms. The zero-order chi connectivity index (χ0) is 32.8. The van der Waals surface area contributed by atoms with Gasteiger partial charge in [-0.3, -0.25) is 9.88 Å². The second-order valence-electron chi connectivity index (χ2n) is 12.8. The number of aromatic nitrogens is 3. The number of thiophene rings is 1. The van der Waals surface area contributed by atoms with Crippen molar-refractivity contribution in [1.82, 2.24) is 15.0 Å². The second kappa shape index (κ2) is 10.5. The van der Waals surface area contributed by atoms with Gasteiger partial charge < -0.3 is 0 Å². The van der Waals surface area contributed by atoms with E-state index in [1.807, 2.05) is 12.3 Å². The third-order valence-corrected chi connectivity index (χ3v) is 11.2. The molecule has 1 aliphatic rings. The van der Waals surface area contributed by atoms with E-state index in [9.17, 15) is 0 Å². The van der Waals surface area contributed by atoms with Crippen LogP contribution in [0.1, 0.15) is 0 Å². The molecule has 3 aromatic heterocycles. The molecule has 4 heterocycles. The highest BCUT2D eigenvalue weighted by molar-refractivity contribution is 7.26. The molecule has 0 radical (unpaired) electrons. The van der Waals surface area contributed by atoms with Crippen LogP contribution in [0.15, 0.2) is 158 Å². The molecule has 5 heteroatoms. The Morgan fingerprint density at radius 2 is 1.20 bits per heavy atom. The maximum absolute atomic E-state index is 5.52. The minimum atomic E-state index is 0.665. The average Bonchev–Trinajstić information content (AvgIpc) is 3.56. The summed E-state index contributed by atoms with van der Waals surface area (Å²) in [7, 11) is 0. The molecule has 4 nitrogen and oxygen atoms in total. The predicted octanol–water partition coefficient (Wildman–Crippen LogP) is 12.5. The molecule has 0 N–H and O–H groups in total. The van der Waals surface area contributed by atoms with E-state index in [2.05, 4.69) is 150 Å². The van der Waals surface area contributed by atoms with Crippen LogP contribution in [0.3, 0.4) is 0 Å². The maximum atomic E-state index is 5.52. The van der Waals surface area contributed by atoms with Crippen LogP contribution in [0.5, 0.6) is 0 Å². The first-order valence-electron chi connectivity index (χ1n) is 16.8. The van der Waals surface area contributed by atoms with Gasteiger partial charge in [-0.15, -0.1) is 11.3 Å². The number of nitrogens with zero attached hydrogens (tertiary/aromatic N) is 4. The SMILES string of the molecule is c1ccc2c3c(ccc2c1)-c1cccc2cccc(c12)N3c1nc(-c2ccc(-c3cccc4cccnc34)cc2)c2sc3ccccc3c2n1. The molecule has 232 valence electrons. The summed E-state index contributed by atoms with van der Waals surface area (Å²) >= 11 is 1.76. The average molecular weight is 655 g/mol. The minimum absolute atomic E-state index is 0.665. The summed E-state index contributed by atoms with van der Waals surface area (Å²) in [5, 5.41) is 7.04. The zero-order valence-corrected chi connectivity index (χ0v) is 27.5. The van der Waals surface area contributed by atoms with Gasteiger partial charge in [-0.2, -0.15) is 0 Å². The van der Waals surface area contributed by atoms with Crippen molar-refractivity contribution in [3.05, 3.63) is 158 Å². The van der Waals surface area contributed by atoms with Gasteiger partial charge in [0.05, 0.1) is 32.8 Å². The molecular formula is C45H26N4S. The first kappa shape index (κ1) is 27.5. The Morgan fingerprint density at radius 1 is 0.480 bits per heavy atom. The fourth-order valence-electron chi connectivity index (χ4n) is 7.79. The molecule has 7 aromatic carbocycles. The van der Waals surface area contributed by atoms with E-state index in [1.165, 1.54) is 37.4 Å². The van der Waals surface area contributed by atoms with Gasteiger partial charge >= 0.3 is 0 Å². The Morgan fingerprint density at radius 3 is 2.10 bits per heavy atom. The van der Waals surface area contributed by atoms with Crippen LogP contribution in [-0.2, 0) is 0 Å². The van der Waals surface area contributed by atoms with Crippen LogP contribution in [0.2, 0.25) is 0 Å². The topological polar surface area (TPSA) is 41.9 Å². The number of rotatable bonds is 3. The van der Waals surface area contributed by atoms with E-state index in [0.29, 0.717) is 5.95 Å². The number of pyridine rings is 1. The monoisotopic (exact) mass is 654 g/mol. The highest BCUT2D eigenvalue weighted by Gasteiger charge is 2.30. The maximum Gasteiger partial charge on any atom is 0.235 e. The van der Waals surface area contributed by atoms with Gasteiger partial charge in [0.1, 0.15) is 0 Å². The van der Waals surface area contributed by atoms with Crippen LogP contribution < -0.4 is 4.90 Å². The van der Waals surface area contributed by atoms with Crippen molar-refractivity contribution in [3.8, 4) is 33.5 Å². The highest BCUT2D eigenvalue weighted by Crippen LogP contribution is 2.53. The van der Waals surface area contributed by atoms with Crippen LogP contribution in [0.4, 0.5) is 17.3 Å². The Balaban J connectivity index is 1.19. The van der Waals surface area contributed by atoms with Crippen LogP contribution in [0.25, 0.3) is 86.3 Å². The molecule has 0 saturated carbocycles. The summed E-state index contributed by atoms with van der Waals surface area (Å²) < 4.78 is 2.29. The molecule has 0 unspecified atom stereocenters. The number of hydrogen-bond donors (Lipinski definition) is 0. The fraction of sp³-hybridized carbons (Fsp3) is 0. The summed E-state index contributed by atoms with van der Waals surface area (Å²) in [5.41, 5.74) is 10.8. The van der Waals surface area contributed by atoms with Crippen LogP contribution >= 0.6 is 11.3 Å². The molecule has 0 aliphatic carbocycles. The van der Waals surface area contributed by atoms with Gasteiger partial charge in [0.15, 0.2) is 0 Å². The van der Waals surface area contributed by atoms with Crippen LogP contribution in [-0.4, -0.2) is 15.0 Å². The predicted molar refractivity (Wildman–Crippen MR) is 210 cm³/mol. The van der Waals surface area contributed by atoms with Crippen molar-refractivity contribution < 1.29 is 0 Å². The molecular weight excluding hydrogens is 629 g/mol. The van der Waals surface area contributed by atoms with E-state index in [4.69, 9.17) is 15.0 Å². The van der Waals surface area contributed by atoms with Gasteiger partial charge in [-0.05, 0) is 40.1 Å². The first-order valence-corrected chi connectivity index (χ1v) is 17.6. The highest BCUT2D eigenvalue weighted by atomic mass is 32.1. The van der Waals surface area contributed by atoms with E-state index in [1.54, 1.807) is 11.3 Å². The number of fused-ring (bicyclic) bond motifs is 8. The molecule has 50 heavy (non-hydrogen) atoms. The van der Waals surface area contributed by atoms with Crippen molar-refractivity contribution >= 4 is 81.4 Å². The number of benzene rings is 7. The molecule has 0 atom stereocenters. The fourth-order valence-corrected chi connectivity index (χ4v) is 8.95. The summed E-state index contributed by atoms with van der Waals surface area (Å²) in [6.07, 6.45) is 1.86. The number of para-hydroxylation sites is 1. The van der Waals surface area contributed by atoms with Crippen molar-refractivity contribution in [2.24, 2.45) is 0 Å². The van der Waals surface area contributed by atoms with E-state index in [0.717, 1.165) is 60.3 Å². The lowest BCUT2D eigenvalue weighted by Gasteiger charge is -2.33.